The fraction of sp³-hybridized carbons (Fsp3) is 0.222. The van der Waals surface area contributed by atoms with Crippen molar-refractivity contribution in [2.75, 3.05) is 10.6 Å². The van der Waals surface area contributed by atoms with Crippen LogP contribution >= 0.6 is 11.3 Å². The monoisotopic (exact) mass is 501 g/mol. The number of fused-ring (bicyclic) bond motifs is 1. The highest BCUT2D eigenvalue weighted by Crippen LogP contribution is 2.30. The van der Waals surface area contributed by atoms with Crippen LogP contribution in [0.3, 0.4) is 0 Å². The van der Waals surface area contributed by atoms with E-state index in [4.69, 9.17) is 9.40 Å². The van der Waals surface area contributed by atoms with E-state index in [2.05, 4.69) is 15.6 Å². The van der Waals surface area contributed by atoms with E-state index in [1.54, 1.807) is 33.0 Å². The summed E-state index contributed by atoms with van der Waals surface area (Å²) in [5.74, 6) is 1.31. The number of carbonyl (C=O) groups is 1. The Morgan fingerprint density at radius 3 is 2.67 bits per heavy atom. The molecule has 0 fully saturated rings. The lowest BCUT2D eigenvalue weighted by Gasteiger charge is -2.20. The first kappa shape index (κ1) is 23.8. The summed E-state index contributed by atoms with van der Waals surface area (Å²) in [6.45, 7) is 6.15. The maximum absolute atomic E-state index is 13.1. The van der Waals surface area contributed by atoms with Gasteiger partial charge in [0.25, 0.3) is 5.91 Å². The number of benzene rings is 2. The van der Waals surface area contributed by atoms with Gasteiger partial charge in [-0.15, -0.1) is 11.3 Å². The molecule has 0 spiro atoms. The van der Waals surface area contributed by atoms with Crippen LogP contribution in [0.4, 0.5) is 11.6 Å². The number of rotatable bonds is 8. The van der Waals surface area contributed by atoms with Crippen molar-refractivity contribution in [2.24, 2.45) is 0 Å². The van der Waals surface area contributed by atoms with Gasteiger partial charge < -0.3 is 19.4 Å². The lowest BCUT2D eigenvalue weighted by Crippen LogP contribution is -2.27. The smallest absolute Gasteiger partial charge is 0.268 e. The van der Waals surface area contributed by atoms with Gasteiger partial charge in [0.2, 0.25) is 5.95 Å². The Morgan fingerprint density at radius 2 is 1.94 bits per heavy atom. The first-order chi connectivity index (χ1) is 17.2. The summed E-state index contributed by atoms with van der Waals surface area (Å²) < 4.78 is 7.42. The lowest BCUT2D eigenvalue weighted by molar-refractivity contribution is 0.0630. The summed E-state index contributed by atoms with van der Waals surface area (Å²) >= 11 is 1.32. The Labute approximate surface area is 212 Å². The van der Waals surface area contributed by atoms with Crippen LogP contribution in [-0.4, -0.2) is 31.1 Å². The Hall–Kier alpha value is -3.95. The largest absolute Gasteiger partial charge is 0.440 e. The zero-order chi connectivity index (χ0) is 25.3. The number of para-hydroxylation sites is 1. The molecule has 9 heteroatoms. The van der Waals surface area contributed by atoms with Crippen LogP contribution in [0, 0.1) is 6.92 Å². The third kappa shape index (κ3) is 5.32. The number of carbonyl (C=O) groups excluding carboxylic acids is 1. The van der Waals surface area contributed by atoms with Crippen molar-refractivity contribution in [1.82, 2.24) is 14.5 Å². The predicted octanol–water partition coefficient (Wildman–Crippen LogP) is 5.70. The van der Waals surface area contributed by atoms with Crippen LogP contribution in [0.2, 0.25) is 0 Å². The topological polar surface area (TPSA) is 105 Å². The van der Waals surface area contributed by atoms with Gasteiger partial charge in [-0.3, -0.25) is 10.1 Å². The summed E-state index contributed by atoms with van der Waals surface area (Å²) in [5, 5.41) is 16.9. The van der Waals surface area contributed by atoms with Gasteiger partial charge in [0, 0.05) is 19.2 Å². The molecule has 3 aromatic heterocycles. The minimum Gasteiger partial charge on any atom is -0.440 e. The summed E-state index contributed by atoms with van der Waals surface area (Å²) in [5.41, 5.74) is 2.67. The fourth-order valence-electron chi connectivity index (χ4n) is 3.92. The van der Waals surface area contributed by atoms with Crippen LogP contribution in [0.25, 0.3) is 21.7 Å². The SMILES string of the molecule is Cc1ncc(-c2ccc(C(=O)Nc3nc4cc(CNc5ccccc5)ccc4n3CC(C)(C)O)s2)o1. The number of oxazole rings is 1. The molecule has 0 aliphatic rings. The van der Waals surface area contributed by atoms with Gasteiger partial charge in [-0.25, -0.2) is 9.97 Å². The maximum atomic E-state index is 13.1. The summed E-state index contributed by atoms with van der Waals surface area (Å²) in [6.07, 6.45) is 1.65. The van der Waals surface area contributed by atoms with Gasteiger partial charge in [-0.2, -0.15) is 0 Å². The minimum absolute atomic E-state index is 0.272. The Kier molecular flexibility index (Phi) is 6.34. The number of thiophene rings is 1. The van der Waals surface area contributed by atoms with E-state index in [0.717, 1.165) is 27.2 Å². The number of anilines is 2. The second-order valence-corrected chi connectivity index (χ2v) is 10.3. The Balaban J connectivity index is 1.41. The highest BCUT2D eigenvalue weighted by Gasteiger charge is 2.22. The minimum atomic E-state index is -0.999. The molecule has 0 radical (unpaired) electrons. The summed E-state index contributed by atoms with van der Waals surface area (Å²) in [6, 6.07) is 19.6. The second kappa shape index (κ2) is 9.60. The van der Waals surface area contributed by atoms with Crippen LogP contribution < -0.4 is 10.6 Å². The number of imidazole rings is 1. The van der Waals surface area contributed by atoms with E-state index in [0.29, 0.717) is 29.0 Å². The Bertz CT molecular complexity index is 1510. The number of nitrogens with one attached hydrogen (secondary N) is 2. The van der Waals surface area contributed by atoms with Crippen LogP contribution in [0.5, 0.6) is 0 Å². The standard InChI is InChI=1S/C27H27N5O3S/c1-17-28-15-22(35-17)23-11-12-24(36-23)25(33)31-26-30-20-13-18(14-29-19-7-5-4-6-8-19)9-10-21(20)32(26)16-27(2,3)34/h4-13,15,29,34H,14,16H2,1-3H3,(H,30,31,33). The molecule has 8 nitrogen and oxygen atoms in total. The summed E-state index contributed by atoms with van der Waals surface area (Å²) in [7, 11) is 0. The molecule has 5 aromatic rings. The van der Waals surface area contributed by atoms with E-state index < -0.39 is 5.60 Å². The number of hydrogen-bond acceptors (Lipinski definition) is 7. The molecule has 5 rings (SSSR count). The average molecular weight is 502 g/mol. The number of nitrogens with zero attached hydrogens (tertiary/aromatic N) is 3. The molecule has 0 atom stereocenters. The van der Waals surface area contributed by atoms with Gasteiger partial charge >= 0.3 is 0 Å². The van der Waals surface area contributed by atoms with E-state index >= 15 is 0 Å². The van der Waals surface area contributed by atoms with Crippen molar-refractivity contribution >= 4 is 39.9 Å². The molecule has 0 aliphatic carbocycles. The zero-order valence-electron chi connectivity index (χ0n) is 20.3. The lowest BCUT2D eigenvalue weighted by atomic mass is 10.1. The number of aromatic nitrogens is 3. The van der Waals surface area contributed by atoms with Gasteiger partial charge in [0.1, 0.15) is 0 Å². The maximum Gasteiger partial charge on any atom is 0.268 e. The highest BCUT2D eigenvalue weighted by molar-refractivity contribution is 7.17. The zero-order valence-corrected chi connectivity index (χ0v) is 21.1. The van der Waals surface area contributed by atoms with Gasteiger partial charge in [-0.05, 0) is 55.8 Å². The van der Waals surface area contributed by atoms with E-state index in [1.807, 2.05) is 59.2 Å². The number of amides is 1. The third-order valence-electron chi connectivity index (χ3n) is 5.55. The molecule has 184 valence electrons. The van der Waals surface area contributed by atoms with Crippen molar-refractivity contribution in [3.05, 3.63) is 83.2 Å². The molecule has 3 N–H and O–H groups in total. The van der Waals surface area contributed by atoms with E-state index in [-0.39, 0.29) is 12.5 Å². The molecule has 1 amide bonds. The van der Waals surface area contributed by atoms with Crippen molar-refractivity contribution in [1.29, 1.82) is 0 Å². The average Bonchev–Trinajstić information content (AvgIpc) is 3.57. The molecule has 2 aromatic carbocycles. The van der Waals surface area contributed by atoms with Crippen molar-refractivity contribution in [3.8, 4) is 10.6 Å². The molecular formula is C27H27N5O3S. The fourth-order valence-corrected chi connectivity index (χ4v) is 4.77. The van der Waals surface area contributed by atoms with Gasteiger partial charge in [0.15, 0.2) is 11.7 Å². The van der Waals surface area contributed by atoms with Gasteiger partial charge in [-0.1, -0.05) is 24.3 Å². The predicted molar refractivity (Wildman–Crippen MR) is 142 cm³/mol. The third-order valence-corrected chi connectivity index (χ3v) is 6.65. The van der Waals surface area contributed by atoms with Crippen LogP contribution in [-0.2, 0) is 13.1 Å². The van der Waals surface area contributed by atoms with Crippen molar-refractivity contribution in [3.63, 3.8) is 0 Å². The first-order valence-corrected chi connectivity index (χ1v) is 12.4. The number of hydrogen-bond donors (Lipinski definition) is 3. The molecule has 36 heavy (non-hydrogen) atoms. The molecule has 0 unspecified atom stereocenters. The number of aliphatic hydroxyl groups is 1. The van der Waals surface area contributed by atoms with E-state index in [9.17, 15) is 9.90 Å². The summed E-state index contributed by atoms with van der Waals surface area (Å²) in [4.78, 5) is 23.3. The molecule has 0 aliphatic heterocycles. The van der Waals surface area contributed by atoms with Crippen molar-refractivity contribution in [2.45, 2.75) is 39.5 Å². The van der Waals surface area contributed by atoms with E-state index in [1.165, 1.54) is 11.3 Å². The van der Waals surface area contributed by atoms with Crippen LogP contribution in [0.1, 0.15) is 35.0 Å². The molecule has 0 bridgehead atoms. The van der Waals surface area contributed by atoms with Crippen LogP contribution in [0.15, 0.2) is 71.3 Å². The molecule has 3 heterocycles. The Morgan fingerprint density at radius 1 is 1.14 bits per heavy atom. The number of aryl methyl sites for hydroxylation is 1. The van der Waals surface area contributed by atoms with Crippen molar-refractivity contribution < 1.29 is 14.3 Å². The molecular weight excluding hydrogens is 474 g/mol. The second-order valence-electron chi connectivity index (χ2n) is 9.24. The molecule has 0 saturated heterocycles. The first-order valence-electron chi connectivity index (χ1n) is 11.6. The normalized spacial score (nSPS) is 11.7. The molecule has 0 saturated carbocycles. The highest BCUT2D eigenvalue weighted by atomic mass is 32.1. The quantitative estimate of drug-likeness (QED) is 0.252. The van der Waals surface area contributed by atoms with Gasteiger partial charge in [0.05, 0.1) is 39.1 Å².